The molecule has 0 atom stereocenters. The maximum atomic E-state index is 12.4. The van der Waals surface area contributed by atoms with Gasteiger partial charge in [-0.05, 0) is 24.7 Å². The molecule has 7 heteroatoms. The zero-order chi connectivity index (χ0) is 13.9. The predicted molar refractivity (Wildman–Crippen MR) is 73.8 cm³/mol. The Bertz CT molecular complexity index is 542. The molecule has 0 spiro atoms. The Hall–Kier alpha value is -0.660. The van der Waals surface area contributed by atoms with Gasteiger partial charge in [-0.2, -0.15) is 4.31 Å². The van der Waals surface area contributed by atoms with Crippen molar-refractivity contribution in [3.63, 3.8) is 0 Å². The number of hydrogen-bond acceptors (Lipinski definition) is 4. The van der Waals surface area contributed by atoms with Crippen LogP contribution in [0.2, 0.25) is 5.02 Å². The maximum Gasteiger partial charge on any atom is 0.243 e. The van der Waals surface area contributed by atoms with Crippen LogP contribution >= 0.6 is 11.6 Å². The van der Waals surface area contributed by atoms with Crippen LogP contribution in [0.1, 0.15) is 5.56 Å². The average molecular weight is 305 g/mol. The van der Waals surface area contributed by atoms with Crippen LogP contribution in [-0.2, 0) is 21.3 Å². The van der Waals surface area contributed by atoms with Crippen molar-refractivity contribution in [3.05, 3.63) is 28.8 Å². The minimum Gasteiger partial charge on any atom is -0.379 e. The molecule has 106 valence electrons. The van der Waals surface area contributed by atoms with Crippen molar-refractivity contribution in [2.75, 3.05) is 33.4 Å². The molecule has 1 N–H and O–H groups in total. The summed E-state index contributed by atoms with van der Waals surface area (Å²) in [5.41, 5.74) is 0.880. The summed E-state index contributed by atoms with van der Waals surface area (Å²) in [6.07, 6.45) is 0. The zero-order valence-corrected chi connectivity index (χ0v) is 12.3. The van der Waals surface area contributed by atoms with Gasteiger partial charge in [-0.15, -0.1) is 0 Å². The molecule has 1 aromatic carbocycles. The summed E-state index contributed by atoms with van der Waals surface area (Å²) >= 11 is 6.11. The van der Waals surface area contributed by atoms with Gasteiger partial charge >= 0.3 is 0 Å². The SMILES string of the molecule is CNCc1ccc(S(=O)(=O)N2CCOCC2)cc1Cl. The molecule has 1 aliphatic rings. The topological polar surface area (TPSA) is 58.6 Å². The molecule has 19 heavy (non-hydrogen) atoms. The van der Waals surface area contributed by atoms with E-state index in [0.29, 0.717) is 37.9 Å². The quantitative estimate of drug-likeness (QED) is 0.904. The first kappa shape index (κ1) is 14.7. The number of sulfonamides is 1. The normalized spacial score (nSPS) is 17.6. The maximum absolute atomic E-state index is 12.4. The van der Waals surface area contributed by atoms with Crippen molar-refractivity contribution in [1.29, 1.82) is 0 Å². The van der Waals surface area contributed by atoms with E-state index in [-0.39, 0.29) is 4.90 Å². The molecule has 0 amide bonds. The molecule has 1 aromatic rings. The van der Waals surface area contributed by atoms with Gasteiger partial charge in [0.2, 0.25) is 10.0 Å². The van der Waals surface area contributed by atoms with Crippen LogP contribution in [-0.4, -0.2) is 46.1 Å². The highest BCUT2D eigenvalue weighted by atomic mass is 35.5. The third kappa shape index (κ3) is 3.27. The molecule has 1 aliphatic heterocycles. The molecule has 0 aromatic heterocycles. The molecule has 0 unspecified atom stereocenters. The molecular formula is C12H17ClN2O3S. The Labute approximate surface area is 118 Å². The second-order valence-electron chi connectivity index (χ2n) is 4.30. The molecule has 5 nitrogen and oxygen atoms in total. The lowest BCUT2D eigenvalue weighted by molar-refractivity contribution is 0.0730. The largest absolute Gasteiger partial charge is 0.379 e. The second-order valence-corrected chi connectivity index (χ2v) is 6.65. The summed E-state index contributed by atoms with van der Waals surface area (Å²) in [4.78, 5) is 0.235. The molecule has 1 heterocycles. The number of ether oxygens (including phenoxy) is 1. The fourth-order valence-electron chi connectivity index (χ4n) is 1.96. The highest BCUT2D eigenvalue weighted by molar-refractivity contribution is 7.89. The van der Waals surface area contributed by atoms with E-state index in [1.807, 2.05) is 7.05 Å². The summed E-state index contributed by atoms with van der Waals surface area (Å²) < 4.78 is 31.4. The van der Waals surface area contributed by atoms with Gasteiger partial charge in [-0.1, -0.05) is 17.7 Å². The van der Waals surface area contributed by atoms with Gasteiger partial charge in [-0.3, -0.25) is 0 Å². The molecule has 1 saturated heterocycles. The molecule has 0 aliphatic carbocycles. The van der Waals surface area contributed by atoms with E-state index in [9.17, 15) is 8.42 Å². The lowest BCUT2D eigenvalue weighted by Crippen LogP contribution is -2.40. The molecule has 2 rings (SSSR count). The lowest BCUT2D eigenvalue weighted by atomic mass is 10.2. The fraction of sp³-hybridized carbons (Fsp3) is 0.500. The average Bonchev–Trinajstić information content (AvgIpc) is 2.42. The number of nitrogens with zero attached hydrogens (tertiary/aromatic N) is 1. The van der Waals surface area contributed by atoms with Crippen LogP contribution in [0.15, 0.2) is 23.1 Å². The first-order valence-electron chi connectivity index (χ1n) is 6.06. The van der Waals surface area contributed by atoms with Crippen LogP contribution < -0.4 is 5.32 Å². The van der Waals surface area contributed by atoms with E-state index in [1.54, 1.807) is 12.1 Å². The fourth-order valence-corrected chi connectivity index (χ4v) is 3.71. The van der Waals surface area contributed by atoms with Gasteiger partial charge in [0.1, 0.15) is 0 Å². The van der Waals surface area contributed by atoms with Crippen molar-refractivity contribution in [3.8, 4) is 0 Å². The zero-order valence-electron chi connectivity index (χ0n) is 10.7. The Morgan fingerprint density at radius 1 is 1.37 bits per heavy atom. The van der Waals surface area contributed by atoms with Gasteiger partial charge in [-0.25, -0.2) is 8.42 Å². The Balaban J connectivity index is 2.27. The van der Waals surface area contributed by atoms with Crippen LogP contribution in [0.25, 0.3) is 0 Å². The number of morpholine rings is 1. The minimum absolute atomic E-state index is 0.235. The first-order valence-corrected chi connectivity index (χ1v) is 7.88. The van der Waals surface area contributed by atoms with Gasteiger partial charge in [0, 0.05) is 24.7 Å². The summed E-state index contributed by atoms with van der Waals surface area (Å²) in [6.45, 7) is 2.25. The Morgan fingerprint density at radius 2 is 2.05 bits per heavy atom. The van der Waals surface area contributed by atoms with E-state index in [0.717, 1.165) is 5.56 Å². The highest BCUT2D eigenvalue weighted by Gasteiger charge is 2.26. The van der Waals surface area contributed by atoms with E-state index < -0.39 is 10.0 Å². The van der Waals surface area contributed by atoms with Crippen molar-refractivity contribution in [2.24, 2.45) is 0 Å². The van der Waals surface area contributed by atoms with Crippen LogP contribution in [0.4, 0.5) is 0 Å². The summed E-state index contributed by atoms with van der Waals surface area (Å²) in [7, 11) is -1.65. The molecule has 0 radical (unpaired) electrons. The van der Waals surface area contributed by atoms with E-state index in [4.69, 9.17) is 16.3 Å². The van der Waals surface area contributed by atoms with Crippen LogP contribution in [0, 0.1) is 0 Å². The number of nitrogens with one attached hydrogen (secondary N) is 1. The third-order valence-corrected chi connectivity index (χ3v) is 5.25. The van der Waals surface area contributed by atoms with Gasteiger partial charge < -0.3 is 10.1 Å². The molecule has 0 bridgehead atoms. The third-order valence-electron chi connectivity index (χ3n) is 3.00. The number of benzene rings is 1. The van der Waals surface area contributed by atoms with Crippen LogP contribution in [0.5, 0.6) is 0 Å². The molecule has 0 saturated carbocycles. The van der Waals surface area contributed by atoms with Gasteiger partial charge in [0.25, 0.3) is 0 Å². The van der Waals surface area contributed by atoms with Gasteiger partial charge in [0.15, 0.2) is 0 Å². The van der Waals surface area contributed by atoms with E-state index >= 15 is 0 Å². The Kier molecular flexibility index (Phi) is 4.81. The minimum atomic E-state index is -3.47. The van der Waals surface area contributed by atoms with Crippen molar-refractivity contribution >= 4 is 21.6 Å². The number of hydrogen-bond donors (Lipinski definition) is 1. The second kappa shape index (κ2) is 6.19. The van der Waals surface area contributed by atoms with E-state index in [2.05, 4.69) is 5.32 Å². The lowest BCUT2D eigenvalue weighted by Gasteiger charge is -2.26. The van der Waals surface area contributed by atoms with Crippen molar-refractivity contribution < 1.29 is 13.2 Å². The van der Waals surface area contributed by atoms with Gasteiger partial charge in [0.05, 0.1) is 18.1 Å². The summed E-state index contributed by atoms with van der Waals surface area (Å²) in [5.74, 6) is 0. The number of rotatable bonds is 4. The summed E-state index contributed by atoms with van der Waals surface area (Å²) in [5, 5.41) is 3.45. The van der Waals surface area contributed by atoms with Crippen molar-refractivity contribution in [1.82, 2.24) is 9.62 Å². The first-order chi connectivity index (χ1) is 9.05. The predicted octanol–water partition coefficient (Wildman–Crippen LogP) is 1.08. The highest BCUT2D eigenvalue weighted by Crippen LogP contribution is 2.23. The Morgan fingerprint density at radius 3 is 2.63 bits per heavy atom. The molecule has 1 fully saturated rings. The molecular weight excluding hydrogens is 288 g/mol. The van der Waals surface area contributed by atoms with Crippen LogP contribution in [0.3, 0.4) is 0 Å². The van der Waals surface area contributed by atoms with Crippen molar-refractivity contribution in [2.45, 2.75) is 11.4 Å². The number of halogens is 1. The monoisotopic (exact) mass is 304 g/mol. The smallest absolute Gasteiger partial charge is 0.243 e. The van der Waals surface area contributed by atoms with E-state index in [1.165, 1.54) is 10.4 Å². The standard InChI is InChI=1S/C12H17ClN2O3S/c1-14-9-10-2-3-11(8-12(10)13)19(16,17)15-4-6-18-7-5-15/h2-3,8,14H,4-7,9H2,1H3. The summed E-state index contributed by atoms with van der Waals surface area (Å²) in [6, 6.07) is 4.86.